The van der Waals surface area contributed by atoms with Gasteiger partial charge >= 0.3 is 0 Å². The molecule has 1 aromatic heterocycles. The van der Waals surface area contributed by atoms with Gasteiger partial charge in [-0.2, -0.15) is 5.10 Å². The van der Waals surface area contributed by atoms with Crippen molar-refractivity contribution in [2.45, 2.75) is 19.9 Å². The highest BCUT2D eigenvalue weighted by molar-refractivity contribution is 6.30. The number of nitrogens with zero attached hydrogens (tertiary/aromatic N) is 2. The highest BCUT2D eigenvalue weighted by Gasteiger charge is 2.09. The van der Waals surface area contributed by atoms with Crippen LogP contribution in [0.1, 0.15) is 18.1 Å². The summed E-state index contributed by atoms with van der Waals surface area (Å²) >= 11 is 5.86. The van der Waals surface area contributed by atoms with Crippen molar-refractivity contribution in [1.82, 2.24) is 9.99 Å². The number of hydrogen-bond donors (Lipinski definition) is 1. The maximum atomic E-state index is 12.1. The second-order valence-corrected chi connectivity index (χ2v) is 7.07. The van der Waals surface area contributed by atoms with Gasteiger partial charge in [0.1, 0.15) is 0 Å². The molecule has 4 nitrogen and oxygen atoms in total. The number of halogens is 1. The van der Waals surface area contributed by atoms with E-state index < -0.39 is 0 Å². The molecule has 0 saturated heterocycles. The van der Waals surface area contributed by atoms with Crippen LogP contribution in [0, 0.1) is 0 Å². The van der Waals surface area contributed by atoms with Crippen molar-refractivity contribution in [2.75, 3.05) is 0 Å². The topological polar surface area (TPSA) is 46.4 Å². The molecule has 4 aromatic rings. The molecule has 0 radical (unpaired) electrons. The first-order valence-electron chi connectivity index (χ1n) is 9.23. The molecule has 0 aliphatic carbocycles. The summed E-state index contributed by atoms with van der Waals surface area (Å²) in [6.07, 6.45) is 1.94. The number of aromatic nitrogens is 1. The molecule has 4 rings (SSSR count). The van der Waals surface area contributed by atoms with E-state index in [0.717, 1.165) is 17.7 Å². The minimum atomic E-state index is -0.165. The lowest BCUT2D eigenvalue weighted by atomic mass is 10.1. The van der Waals surface area contributed by atoms with Crippen LogP contribution in [0.2, 0.25) is 5.02 Å². The van der Waals surface area contributed by atoms with Gasteiger partial charge in [-0.25, -0.2) is 5.43 Å². The van der Waals surface area contributed by atoms with Gasteiger partial charge in [-0.05, 0) is 48.4 Å². The van der Waals surface area contributed by atoms with Crippen molar-refractivity contribution in [2.24, 2.45) is 5.10 Å². The zero-order valence-electron chi connectivity index (χ0n) is 15.5. The number of para-hydroxylation sites is 1. The fourth-order valence-electron chi connectivity index (χ4n) is 3.50. The fourth-order valence-corrected chi connectivity index (χ4v) is 3.62. The smallest absolute Gasteiger partial charge is 0.244 e. The molecule has 3 aromatic carbocycles. The molecular weight excluding hydrogens is 370 g/mol. The van der Waals surface area contributed by atoms with Crippen LogP contribution in [-0.2, 0) is 17.8 Å². The van der Waals surface area contributed by atoms with Crippen LogP contribution in [-0.4, -0.2) is 16.7 Å². The molecule has 1 heterocycles. The average Bonchev–Trinajstić information content (AvgIpc) is 3.03. The monoisotopic (exact) mass is 389 g/mol. The summed E-state index contributed by atoms with van der Waals surface area (Å²) in [5.74, 6) is -0.165. The first-order valence-corrected chi connectivity index (χ1v) is 9.61. The number of carbonyl (C=O) groups excluding carboxylic acids is 1. The highest BCUT2D eigenvalue weighted by Crippen LogP contribution is 2.29. The largest absolute Gasteiger partial charge is 0.341 e. The maximum Gasteiger partial charge on any atom is 0.244 e. The Morgan fingerprint density at radius 3 is 2.57 bits per heavy atom. The summed E-state index contributed by atoms with van der Waals surface area (Å²) in [6.45, 7) is 3.07. The van der Waals surface area contributed by atoms with Gasteiger partial charge in [0, 0.05) is 33.4 Å². The van der Waals surface area contributed by atoms with Crippen molar-refractivity contribution < 1.29 is 4.79 Å². The summed E-state index contributed by atoms with van der Waals surface area (Å²) in [7, 11) is 0. The Morgan fingerprint density at radius 1 is 1.04 bits per heavy atom. The van der Waals surface area contributed by atoms with Gasteiger partial charge in [-0.1, -0.05) is 48.0 Å². The van der Waals surface area contributed by atoms with Gasteiger partial charge in [-0.3, -0.25) is 4.79 Å². The number of fused-ring (bicyclic) bond motifs is 3. The molecule has 0 fully saturated rings. The Bertz CT molecular complexity index is 1180. The molecule has 1 N–H and O–H groups in total. The molecular formula is C23H20ClN3O. The van der Waals surface area contributed by atoms with Crippen molar-refractivity contribution in [3.05, 3.63) is 82.9 Å². The van der Waals surface area contributed by atoms with E-state index in [1.54, 1.807) is 18.3 Å². The quantitative estimate of drug-likeness (QED) is 0.372. The predicted octanol–water partition coefficient (Wildman–Crippen LogP) is 5.16. The summed E-state index contributed by atoms with van der Waals surface area (Å²) < 4.78 is 2.31. The Labute approximate surface area is 168 Å². The molecule has 0 saturated carbocycles. The van der Waals surface area contributed by atoms with Gasteiger partial charge in [-0.15, -0.1) is 0 Å². The van der Waals surface area contributed by atoms with Crippen LogP contribution in [0.5, 0.6) is 0 Å². The molecule has 0 aliphatic heterocycles. The van der Waals surface area contributed by atoms with Crippen LogP contribution in [0.15, 0.2) is 71.8 Å². The second kappa shape index (κ2) is 7.87. The number of hydrazone groups is 1. The number of rotatable bonds is 5. The van der Waals surface area contributed by atoms with Crippen molar-refractivity contribution in [3.8, 4) is 0 Å². The van der Waals surface area contributed by atoms with Gasteiger partial charge in [0.2, 0.25) is 5.91 Å². The third-order valence-corrected chi connectivity index (χ3v) is 5.05. The molecule has 0 aliphatic rings. The Hall–Kier alpha value is -3.11. The van der Waals surface area contributed by atoms with E-state index in [2.05, 4.69) is 58.4 Å². The molecule has 28 heavy (non-hydrogen) atoms. The number of benzene rings is 3. The Kier molecular flexibility index (Phi) is 5.13. The van der Waals surface area contributed by atoms with E-state index in [0.29, 0.717) is 5.02 Å². The van der Waals surface area contributed by atoms with Crippen LogP contribution < -0.4 is 5.43 Å². The third-order valence-electron chi connectivity index (χ3n) is 4.79. The molecule has 0 atom stereocenters. The number of hydrogen-bond acceptors (Lipinski definition) is 2. The number of amides is 1. The molecule has 140 valence electrons. The van der Waals surface area contributed by atoms with Crippen LogP contribution >= 0.6 is 11.6 Å². The summed E-state index contributed by atoms with van der Waals surface area (Å²) in [6, 6.07) is 21.8. The maximum absolute atomic E-state index is 12.1. The normalized spacial score (nSPS) is 11.5. The SMILES string of the molecule is CCn1c2ccccc2c2cc(C=NNC(=O)Cc3ccc(Cl)cc3)ccc21. The zero-order valence-corrected chi connectivity index (χ0v) is 16.3. The molecule has 1 amide bonds. The Morgan fingerprint density at radius 2 is 1.79 bits per heavy atom. The van der Waals surface area contributed by atoms with Crippen molar-refractivity contribution >= 4 is 45.5 Å². The lowest BCUT2D eigenvalue weighted by Crippen LogP contribution is -2.19. The van der Waals surface area contributed by atoms with Crippen molar-refractivity contribution in [3.63, 3.8) is 0 Å². The Balaban J connectivity index is 1.52. The fraction of sp³-hybridized carbons (Fsp3) is 0.130. The molecule has 0 bridgehead atoms. The van der Waals surface area contributed by atoms with Crippen molar-refractivity contribution in [1.29, 1.82) is 0 Å². The molecule has 0 spiro atoms. The first kappa shape index (κ1) is 18.3. The summed E-state index contributed by atoms with van der Waals surface area (Å²) in [5, 5.41) is 7.18. The standard InChI is InChI=1S/C23H20ClN3O/c1-2-27-21-6-4-3-5-19(21)20-13-17(9-12-22(20)27)15-25-26-23(28)14-16-7-10-18(24)11-8-16/h3-13,15H,2,14H2,1H3,(H,26,28). The van der Waals surface area contributed by atoms with E-state index in [1.807, 2.05) is 18.2 Å². The van der Waals surface area contributed by atoms with E-state index in [9.17, 15) is 4.79 Å². The number of nitrogens with one attached hydrogen (secondary N) is 1. The molecule has 5 heteroatoms. The zero-order chi connectivity index (χ0) is 19.5. The number of aryl methyl sites for hydroxylation is 1. The summed E-state index contributed by atoms with van der Waals surface area (Å²) in [5.41, 5.74) is 6.85. The van der Waals surface area contributed by atoms with Crippen LogP contribution in [0.4, 0.5) is 0 Å². The van der Waals surface area contributed by atoms with E-state index >= 15 is 0 Å². The third kappa shape index (κ3) is 3.64. The highest BCUT2D eigenvalue weighted by atomic mass is 35.5. The van der Waals surface area contributed by atoms with Gasteiger partial charge < -0.3 is 4.57 Å². The minimum absolute atomic E-state index is 0.165. The average molecular weight is 390 g/mol. The second-order valence-electron chi connectivity index (χ2n) is 6.63. The van der Waals surface area contributed by atoms with Crippen LogP contribution in [0.25, 0.3) is 21.8 Å². The van der Waals surface area contributed by atoms with Gasteiger partial charge in [0.25, 0.3) is 0 Å². The van der Waals surface area contributed by atoms with E-state index in [1.165, 1.54) is 21.8 Å². The lowest BCUT2D eigenvalue weighted by molar-refractivity contribution is -0.120. The van der Waals surface area contributed by atoms with Gasteiger partial charge in [0.05, 0.1) is 12.6 Å². The lowest BCUT2D eigenvalue weighted by Gasteiger charge is -2.03. The minimum Gasteiger partial charge on any atom is -0.341 e. The van der Waals surface area contributed by atoms with E-state index in [-0.39, 0.29) is 12.3 Å². The van der Waals surface area contributed by atoms with Gasteiger partial charge in [0.15, 0.2) is 0 Å². The first-order chi connectivity index (χ1) is 13.7. The van der Waals surface area contributed by atoms with Crippen LogP contribution in [0.3, 0.4) is 0 Å². The number of carbonyl (C=O) groups is 1. The van der Waals surface area contributed by atoms with E-state index in [4.69, 9.17) is 11.6 Å². The predicted molar refractivity (Wildman–Crippen MR) is 116 cm³/mol. The summed E-state index contributed by atoms with van der Waals surface area (Å²) in [4.78, 5) is 12.1. The molecule has 0 unspecified atom stereocenters.